The van der Waals surface area contributed by atoms with Gasteiger partial charge in [-0.3, -0.25) is 14.6 Å². The molecule has 31 heavy (non-hydrogen) atoms. The number of ether oxygens (including phenoxy) is 1. The Morgan fingerprint density at radius 2 is 2.06 bits per heavy atom. The number of benzene rings is 1. The molecule has 1 amide bonds. The number of fused-ring (bicyclic) bond motifs is 1. The third-order valence-corrected chi connectivity index (χ3v) is 6.35. The van der Waals surface area contributed by atoms with Crippen LogP contribution in [-0.2, 0) is 0 Å². The molecule has 2 heterocycles. The second kappa shape index (κ2) is 8.09. The SMILES string of the molecule is CCC1CC[C@@H](c2cc(=O)c3c(C(N)=O)nccc3[nH]2)C1c1ccc(F)c(F)c1OC. The number of amides is 1. The maximum atomic E-state index is 14.5. The number of aromatic nitrogens is 2. The highest BCUT2D eigenvalue weighted by Gasteiger charge is 2.40. The van der Waals surface area contributed by atoms with Crippen LogP contribution in [0.3, 0.4) is 0 Å². The average Bonchev–Trinajstić information content (AvgIpc) is 3.18. The van der Waals surface area contributed by atoms with Gasteiger partial charge >= 0.3 is 0 Å². The van der Waals surface area contributed by atoms with E-state index in [4.69, 9.17) is 10.5 Å². The summed E-state index contributed by atoms with van der Waals surface area (Å²) >= 11 is 0. The molecule has 6 nitrogen and oxygen atoms in total. The number of aromatic amines is 1. The van der Waals surface area contributed by atoms with Crippen LogP contribution in [-0.4, -0.2) is 23.0 Å². The highest BCUT2D eigenvalue weighted by Crippen LogP contribution is 2.52. The quantitative estimate of drug-likeness (QED) is 0.643. The fourth-order valence-electron chi connectivity index (χ4n) is 4.98. The molecule has 1 aliphatic rings. The van der Waals surface area contributed by atoms with Gasteiger partial charge in [-0.15, -0.1) is 0 Å². The zero-order chi connectivity index (χ0) is 22.3. The van der Waals surface area contributed by atoms with Gasteiger partial charge in [-0.1, -0.05) is 19.4 Å². The number of hydrogen-bond donors (Lipinski definition) is 2. The number of rotatable bonds is 5. The molecule has 0 saturated heterocycles. The lowest BCUT2D eigenvalue weighted by Crippen LogP contribution is -2.20. The molecule has 0 radical (unpaired) electrons. The Hall–Kier alpha value is -3.29. The summed E-state index contributed by atoms with van der Waals surface area (Å²) in [7, 11) is 1.32. The largest absolute Gasteiger partial charge is 0.493 e. The number of halogens is 2. The fraction of sp³-hybridized carbons (Fsp3) is 0.348. The summed E-state index contributed by atoms with van der Waals surface area (Å²) in [6.45, 7) is 2.06. The van der Waals surface area contributed by atoms with Crippen LogP contribution in [0.5, 0.6) is 5.75 Å². The van der Waals surface area contributed by atoms with Crippen LogP contribution in [0.1, 0.15) is 59.8 Å². The Labute approximate surface area is 177 Å². The number of H-pyrrole nitrogens is 1. The minimum atomic E-state index is -1.01. The van der Waals surface area contributed by atoms with Crippen LogP contribution in [0.2, 0.25) is 0 Å². The van der Waals surface area contributed by atoms with Crippen LogP contribution < -0.4 is 15.9 Å². The Bertz CT molecular complexity index is 1220. The highest BCUT2D eigenvalue weighted by atomic mass is 19.2. The fourth-order valence-corrected chi connectivity index (χ4v) is 4.98. The zero-order valence-electron chi connectivity index (χ0n) is 17.2. The Balaban J connectivity index is 1.88. The number of primary amides is 1. The summed E-state index contributed by atoms with van der Waals surface area (Å²) in [5.74, 6) is -2.94. The van der Waals surface area contributed by atoms with Crippen LogP contribution >= 0.6 is 0 Å². The van der Waals surface area contributed by atoms with E-state index in [1.54, 1.807) is 12.1 Å². The molecule has 1 saturated carbocycles. The predicted octanol–water partition coefficient (Wildman–Crippen LogP) is 4.00. The molecule has 0 spiro atoms. The minimum Gasteiger partial charge on any atom is -0.493 e. The van der Waals surface area contributed by atoms with Gasteiger partial charge in [0.25, 0.3) is 5.91 Å². The van der Waals surface area contributed by atoms with E-state index in [2.05, 4.69) is 16.9 Å². The van der Waals surface area contributed by atoms with Gasteiger partial charge < -0.3 is 15.5 Å². The minimum absolute atomic E-state index is 0.0815. The third kappa shape index (κ3) is 3.45. The lowest BCUT2D eigenvalue weighted by molar-refractivity contribution is 0.0997. The molecule has 1 aromatic carbocycles. The molecule has 3 N–H and O–H groups in total. The van der Waals surface area contributed by atoms with E-state index >= 15 is 0 Å². The summed E-state index contributed by atoms with van der Waals surface area (Å²) in [6, 6.07) is 5.75. The van der Waals surface area contributed by atoms with E-state index in [1.165, 1.54) is 19.4 Å². The molecule has 1 fully saturated rings. The molecule has 0 bridgehead atoms. The van der Waals surface area contributed by atoms with Crippen LogP contribution in [0.4, 0.5) is 8.78 Å². The number of carbonyl (C=O) groups excluding carboxylic acids is 1. The molecule has 3 atom stereocenters. The summed E-state index contributed by atoms with van der Waals surface area (Å²) in [5.41, 5.74) is 6.65. The molecule has 0 aliphatic heterocycles. The van der Waals surface area contributed by atoms with E-state index in [9.17, 15) is 18.4 Å². The number of methoxy groups -OCH3 is 1. The molecule has 2 unspecified atom stereocenters. The topological polar surface area (TPSA) is 98.1 Å². The highest BCUT2D eigenvalue weighted by molar-refractivity contribution is 6.03. The van der Waals surface area contributed by atoms with Gasteiger partial charge in [-0.2, -0.15) is 4.39 Å². The maximum absolute atomic E-state index is 14.5. The molecule has 162 valence electrons. The molecule has 2 aromatic heterocycles. The molecule has 8 heteroatoms. The Morgan fingerprint density at radius 3 is 2.74 bits per heavy atom. The molecule has 3 aromatic rings. The van der Waals surface area contributed by atoms with Gasteiger partial charge in [-0.05, 0) is 36.8 Å². The van der Waals surface area contributed by atoms with Crippen molar-refractivity contribution in [1.29, 1.82) is 0 Å². The third-order valence-electron chi connectivity index (χ3n) is 6.35. The number of hydrogen-bond acceptors (Lipinski definition) is 4. The molecular weight excluding hydrogens is 404 g/mol. The first-order valence-corrected chi connectivity index (χ1v) is 10.2. The van der Waals surface area contributed by atoms with Crippen LogP contribution in [0.15, 0.2) is 35.3 Å². The van der Waals surface area contributed by atoms with Crippen molar-refractivity contribution in [3.63, 3.8) is 0 Å². The number of nitrogens with zero attached hydrogens (tertiary/aromatic N) is 1. The predicted molar refractivity (Wildman–Crippen MR) is 112 cm³/mol. The van der Waals surface area contributed by atoms with Crippen LogP contribution in [0, 0.1) is 17.6 Å². The number of nitrogens with two attached hydrogens (primary N) is 1. The Kier molecular flexibility index (Phi) is 5.47. The maximum Gasteiger partial charge on any atom is 0.268 e. The second-order valence-electron chi connectivity index (χ2n) is 7.90. The van der Waals surface area contributed by atoms with E-state index in [0.29, 0.717) is 16.8 Å². The summed E-state index contributed by atoms with van der Waals surface area (Å²) in [4.78, 5) is 31.8. The van der Waals surface area contributed by atoms with Crippen molar-refractivity contribution in [3.8, 4) is 5.75 Å². The lowest BCUT2D eigenvalue weighted by atomic mass is 9.80. The monoisotopic (exact) mass is 427 g/mol. The summed E-state index contributed by atoms with van der Waals surface area (Å²) in [5, 5.41) is 0.144. The van der Waals surface area contributed by atoms with Crippen molar-refractivity contribution >= 4 is 16.8 Å². The first-order valence-electron chi connectivity index (χ1n) is 10.2. The van der Waals surface area contributed by atoms with Crippen LogP contribution in [0.25, 0.3) is 10.9 Å². The smallest absolute Gasteiger partial charge is 0.268 e. The van der Waals surface area contributed by atoms with E-state index < -0.39 is 17.5 Å². The van der Waals surface area contributed by atoms with Gasteiger partial charge in [0.1, 0.15) is 5.69 Å². The van der Waals surface area contributed by atoms with E-state index in [-0.39, 0.29) is 40.0 Å². The van der Waals surface area contributed by atoms with Crippen molar-refractivity contribution in [2.75, 3.05) is 7.11 Å². The first-order chi connectivity index (χ1) is 14.9. The standard InChI is InChI=1S/C23H23F2N3O3/c1-3-11-4-5-12(18(11)13-6-7-14(24)20(25)22(13)31-2)16-10-17(29)19-15(28-16)8-9-27-21(19)23(26)30/h6-12,18H,3-5H2,1-2H3,(H2,26,30)(H,28,29)/t11?,12-,18?/m0/s1. The van der Waals surface area contributed by atoms with Gasteiger partial charge in [0.05, 0.1) is 18.0 Å². The summed E-state index contributed by atoms with van der Waals surface area (Å²) in [6.07, 6.45) is 3.90. The van der Waals surface area contributed by atoms with Gasteiger partial charge in [0.15, 0.2) is 17.0 Å². The first kappa shape index (κ1) is 21.0. The Morgan fingerprint density at radius 1 is 1.29 bits per heavy atom. The normalized spacial score (nSPS) is 20.8. The van der Waals surface area contributed by atoms with Crippen molar-refractivity contribution < 1.29 is 18.3 Å². The number of nitrogens with one attached hydrogen (secondary N) is 1. The summed E-state index contributed by atoms with van der Waals surface area (Å²) < 4.78 is 33.5. The second-order valence-corrected chi connectivity index (χ2v) is 7.90. The zero-order valence-corrected chi connectivity index (χ0v) is 17.2. The van der Waals surface area contributed by atoms with Crippen molar-refractivity contribution in [2.45, 2.75) is 38.0 Å². The van der Waals surface area contributed by atoms with Crippen molar-refractivity contribution in [2.24, 2.45) is 11.7 Å². The van der Waals surface area contributed by atoms with Crippen molar-refractivity contribution in [3.05, 3.63) is 69.3 Å². The molecule has 4 rings (SSSR count). The van der Waals surface area contributed by atoms with Gasteiger partial charge in [0.2, 0.25) is 5.82 Å². The molecule has 1 aliphatic carbocycles. The van der Waals surface area contributed by atoms with Gasteiger partial charge in [-0.25, -0.2) is 4.39 Å². The molecular formula is C23H23F2N3O3. The van der Waals surface area contributed by atoms with Gasteiger partial charge in [0, 0.05) is 29.4 Å². The van der Waals surface area contributed by atoms with E-state index in [0.717, 1.165) is 25.3 Å². The number of pyridine rings is 2. The average molecular weight is 427 g/mol. The number of carbonyl (C=O) groups is 1. The lowest BCUT2D eigenvalue weighted by Gasteiger charge is -2.27. The van der Waals surface area contributed by atoms with E-state index in [1.807, 2.05) is 0 Å². The van der Waals surface area contributed by atoms with Crippen molar-refractivity contribution in [1.82, 2.24) is 9.97 Å².